The highest BCUT2D eigenvalue weighted by Crippen LogP contribution is 2.24. The van der Waals surface area contributed by atoms with Crippen molar-refractivity contribution >= 4 is 35.0 Å². The molecule has 0 amide bonds. The van der Waals surface area contributed by atoms with Crippen LogP contribution in [0, 0.1) is 0 Å². The Kier molecular flexibility index (Phi) is 6.07. The molecule has 1 saturated heterocycles. The molecular formula is C12H20N4O3S2. The summed E-state index contributed by atoms with van der Waals surface area (Å²) in [6.07, 6.45) is 0. The summed E-state index contributed by atoms with van der Waals surface area (Å²) < 4.78 is 6.26. The zero-order valence-electron chi connectivity index (χ0n) is 11.9. The molecule has 2 rings (SSSR count). The fourth-order valence-corrected chi connectivity index (χ4v) is 4.65. The van der Waals surface area contributed by atoms with E-state index in [1.807, 2.05) is 23.5 Å². The third kappa shape index (κ3) is 4.21. The summed E-state index contributed by atoms with van der Waals surface area (Å²) in [5.74, 6) is 3.51. The maximum atomic E-state index is 11.9. The van der Waals surface area contributed by atoms with Gasteiger partial charge in [0.05, 0.1) is 13.2 Å². The average Bonchev–Trinajstić information content (AvgIpc) is 2.47. The van der Waals surface area contributed by atoms with Crippen molar-refractivity contribution in [2.75, 3.05) is 48.6 Å². The molecule has 7 nitrogen and oxygen atoms in total. The Morgan fingerprint density at radius 2 is 2.29 bits per heavy atom. The minimum Gasteiger partial charge on any atom is -0.383 e. The van der Waals surface area contributed by atoms with Gasteiger partial charge in [0.2, 0.25) is 0 Å². The molecule has 4 N–H and O–H groups in total. The zero-order valence-corrected chi connectivity index (χ0v) is 13.5. The van der Waals surface area contributed by atoms with Crippen LogP contribution in [0.2, 0.25) is 0 Å². The number of nitrogen functional groups attached to an aromatic ring is 1. The van der Waals surface area contributed by atoms with Crippen molar-refractivity contribution < 1.29 is 4.74 Å². The van der Waals surface area contributed by atoms with Crippen molar-refractivity contribution in [3.05, 3.63) is 20.8 Å². The van der Waals surface area contributed by atoms with Gasteiger partial charge in [0.15, 0.2) is 0 Å². The van der Waals surface area contributed by atoms with Crippen molar-refractivity contribution in [3.63, 3.8) is 0 Å². The summed E-state index contributed by atoms with van der Waals surface area (Å²) in [5.41, 5.74) is 5.24. The van der Waals surface area contributed by atoms with Crippen molar-refractivity contribution in [2.45, 2.75) is 11.8 Å². The Bertz CT molecular complexity index is 581. The smallest absolute Gasteiger partial charge is 0.330 e. The highest BCUT2D eigenvalue weighted by Gasteiger charge is 2.17. The van der Waals surface area contributed by atoms with Crippen LogP contribution in [-0.2, 0) is 11.3 Å². The number of aromatic amines is 1. The largest absolute Gasteiger partial charge is 0.383 e. The predicted molar refractivity (Wildman–Crippen MR) is 89.7 cm³/mol. The third-order valence-corrected chi connectivity index (χ3v) is 5.99. The number of aromatic nitrogens is 2. The monoisotopic (exact) mass is 332 g/mol. The quantitative estimate of drug-likeness (QED) is 0.675. The van der Waals surface area contributed by atoms with Gasteiger partial charge in [-0.2, -0.15) is 23.5 Å². The van der Waals surface area contributed by atoms with Crippen LogP contribution in [0.5, 0.6) is 0 Å². The van der Waals surface area contributed by atoms with Crippen LogP contribution < -0.4 is 22.3 Å². The molecule has 118 valence electrons. The molecule has 1 fully saturated rings. The number of rotatable bonds is 6. The lowest BCUT2D eigenvalue weighted by Crippen LogP contribution is -2.36. The third-order valence-electron chi connectivity index (χ3n) is 3.15. The first-order valence-electron chi connectivity index (χ1n) is 6.68. The highest BCUT2D eigenvalue weighted by atomic mass is 32.2. The van der Waals surface area contributed by atoms with E-state index in [-0.39, 0.29) is 11.5 Å². The summed E-state index contributed by atoms with van der Waals surface area (Å²) in [6.45, 7) is 1.32. The Morgan fingerprint density at radius 1 is 1.48 bits per heavy atom. The lowest BCUT2D eigenvalue weighted by atomic mass is 10.4. The molecule has 1 atom stereocenters. The fourth-order valence-electron chi connectivity index (χ4n) is 2.03. The van der Waals surface area contributed by atoms with E-state index >= 15 is 0 Å². The van der Waals surface area contributed by atoms with Crippen LogP contribution in [0.15, 0.2) is 9.59 Å². The molecule has 0 bridgehead atoms. The molecule has 0 radical (unpaired) electrons. The molecule has 21 heavy (non-hydrogen) atoms. The van der Waals surface area contributed by atoms with Crippen LogP contribution in [0.4, 0.5) is 11.5 Å². The van der Waals surface area contributed by atoms with Gasteiger partial charge < -0.3 is 15.8 Å². The zero-order chi connectivity index (χ0) is 15.2. The van der Waals surface area contributed by atoms with E-state index in [4.69, 9.17) is 10.5 Å². The number of ether oxygens (including phenoxy) is 1. The molecule has 0 aliphatic carbocycles. The number of nitrogens with zero attached hydrogens (tertiary/aromatic N) is 1. The number of hydrogen-bond donors (Lipinski definition) is 3. The Balaban J connectivity index is 2.14. The van der Waals surface area contributed by atoms with Gasteiger partial charge in [-0.05, 0) is 0 Å². The van der Waals surface area contributed by atoms with E-state index in [0.717, 1.165) is 11.5 Å². The molecule has 1 aliphatic heterocycles. The first kappa shape index (κ1) is 16.3. The standard InChI is InChI=1S/C12H20N4O3S2/c1-19-3-2-16-10(13)9(11(17)15-12(16)18)14-6-8-7-20-4-5-21-8/h8,14H,2-7,13H2,1H3,(H,15,17,18). The summed E-state index contributed by atoms with van der Waals surface area (Å²) in [5, 5.41) is 3.54. The van der Waals surface area contributed by atoms with Crippen molar-refractivity contribution in [3.8, 4) is 0 Å². The SMILES string of the molecule is COCCn1c(N)c(NCC2CSCCS2)c(=O)[nH]c1=O. The van der Waals surface area contributed by atoms with Gasteiger partial charge in [-0.3, -0.25) is 14.3 Å². The second-order valence-electron chi connectivity index (χ2n) is 4.61. The van der Waals surface area contributed by atoms with Crippen LogP contribution in [-0.4, -0.2) is 52.3 Å². The van der Waals surface area contributed by atoms with E-state index in [0.29, 0.717) is 24.9 Å². The highest BCUT2D eigenvalue weighted by molar-refractivity contribution is 8.06. The first-order chi connectivity index (χ1) is 10.1. The summed E-state index contributed by atoms with van der Waals surface area (Å²) in [4.78, 5) is 26.0. The topological polar surface area (TPSA) is 102 Å². The van der Waals surface area contributed by atoms with Crippen molar-refractivity contribution in [1.82, 2.24) is 9.55 Å². The Hall–Kier alpha value is -1.06. The first-order valence-corrected chi connectivity index (χ1v) is 8.88. The molecule has 2 heterocycles. The molecule has 1 aromatic rings. The second kappa shape index (κ2) is 7.81. The Labute approximate surface area is 131 Å². The second-order valence-corrected chi connectivity index (χ2v) is 7.17. The van der Waals surface area contributed by atoms with Crippen LogP contribution in [0.25, 0.3) is 0 Å². The van der Waals surface area contributed by atoms with E-state index in [9.17, 15) is 9.59 Å². The number of thioether (sulfide) groups is 2. The molecule has 1 unspecified atom stereocenters. The molecule has 1 aromatic heterocycles. The molecule has 0 saturated carbocycles. The maximum Gasteiger partial charge on any atom is 0.330 e. The molecule has 0 aromatic carbocycles. The van der Waals surface area contributed by atoms with Gasteiger partial charge in [-0.25, -0.2) is 4.79 Å². The van der Waals surface area contributed by atoms with Crippen LogP contribution in [0.3, 0.4) is 0 Å². The number of methoxy groups -OCH3 is 1. The van der Waals surface area contributed by atoms with Gasteiger partial charge >= 0.3 is 5.69 Å². The minimum atomic E-state index is -0.511. The Morgan fingerprint density at radius 3 is 2.95 bits per heavy atom. The van der Waals surface area contributed by atoms with Crippen molar-refractivity contribution in [1.29, 1.82) is 0 Å². The van der Waals surface area contributed by atoms with E-state index in [1.54, 1.807) is 7.11 Å². The summed E-state index contributed by atoms with van der Waals surface area (Å²) in [7, 11) is 1.55. The number of nitrogens with two attached hydrogens (primary N) is 1. The van der Waals surface area contributed by atoms with Gasteiger partial charge in [-0.15, -0.1) is 0 Å². The van der Waals surface area contributed by atoms with Gasteiger partial charge in [0.25, 0.3) is 5.56 Å². The van der Waals surface area contributed by atoms with Crippen LogP contribution in [0.1, 0.15) is 0 Å². The van der Waals surface area contributed by atoms with Crippen molar-refractivity contribution in [2.24, 2.45) is 0 Å². The van der Waals surface area contributed by atoms with E-state index in [1.165, 1.54) is 10.3 Å². The van der Waals surface area contributed by atoms with E-state index < -0.39 is 11.2 Å². The van der Waals surface area contributed by atoms with Gasteiger partial charge in [0.1, 0.15) is 11.5 Å². The molecular weight excluding hydrogens is 312 g/mol. The van der Waals surface area contributed by atoms with Crippen LogP contribution >= 0.6 is 23.5 Å². The number of hydrogen-bond acceptors (Lipinski definition) is 7. The maximum absolute atomic E-state index is 11.9. The fraction of sp³-hybridized carbons (Fsp3) is 0.667. The molecule has 0 spiro atoms. The summed E-state index contributed by atoms with van der Waals surface area (Å²) in [6, 6.07) is 0. The molecule has 1 aliphatic rings. The predicted octanol–water partition coefficient (Wildman–Crippen LogP) is 0.0257. The van der Waals surface area contributed by atoms with E-state index in [2.05, 4.69) is 10.3 Å². The van der Waals surface area contributed by atoms with Gasteiger partial charge in [0, 0.05) is 36.2 Å². The normalized spacial score (nSPS) is 18.6. The number of nitrogens with one attached hydrogen (secondary N) is 2. The lowest BCUT2D eigenvalue weighted by molar-refractivity contribution is 0.186. The lowest BCUT2D eigenvalue weighted by Gasteiger charge is -2.22. The number of anilines is 2. The minimum absolute atomic E-state index is 0.161. The van der Waals surface area contributed by atoms with Gasteiger partial charge in [-0.1, -0.05) is 0 Å². The molecule has 9 heteroatoms. The summed E-state index contributed by atoms with van der Waals surface area (Å²) >= 11 is 3.80. The number of H-pyrrole nitrogens is 1. The average molecular weight is 332 g/mol.